The van der Waals surface area contributed by atoms with Crippen LogP contribution in [0.5, 0.6) is 0 Å². The highest BCUT2D eigenvalue weighted by Crippen LogP contribution is 3.02. The highest BCUT2D eigenvalue weighted by atomic mass is 32.5. The monoisotopic (exact) mass is 649 g/mol. The van der Waals surface area contributed by atoms with Crippen LogP contribution >= 0.6 is 22.0 Å². The molecule has 3 amide bonds. The zero-order chi connectivity index (χ0) is 32.1. The van der Waals surface area contributed by atoms with E-state index in [1.54, 1.807) is 31.3 Å². The SMILES string of the molecule is Cc1ccc(C(C)C)c(N2C(=O)CS/C2=N\C(=O)Nc2ccc(-c3cn(-c4ccc(S(F)(F)(F)(F)F)cc4)cn3)cc2C)c1. The third kappa shape index (κ3) is 6.65. The first-order valence-electron chi connectivity index (χ1n) is 13.3. The number of aromatic nitrogens is 2. The molecule has 5 rings (SSSR count). The summed E-state index contributed by atoms with van der Waals surface area (Å²) in [4.78, 5) is 33.8. The lowest BCUT2D eigenvalue weighted by molar-refractivity contribution is -0.115. The van der Waals surface area contributed by atoms with Crippen LogP contribution in [-0.2, 0) is 4.79 Å². The number of amidine groups is 1. The van der Waals surface area contributed by atoms with Crippen LogP contribution in [0.1, 0.15) is 36.5 Å². The lowest BCUT2D eigenvalue weighted by atomic mass is 9.99. The molecule has 44 heavy (non-hydrogen) atoms. The number of thioether (sulfide) groups is 1. The average Bonchev–Trinajstić information content (AvgIpc) is 3.55. The highest BCUT2D eigenvalue weighted by molar-refractivity contribution is 8.45. The number of imidazole rings is 1. The molecule has 0 unspecified atom stereocenters. The van der Waals surface area contributed by atoms with Crippen molar-refractivity contribution in [3.05, 3.63) is 89.9 Å². The molecule has 0 aliphatic carbocycles. The van der Waals surface area contributed by atoms with Crippen molar-refractivity contribution in [2.45, 2.75) is 38.5 Å². The zero-order valence-corrected chi connectivity index (χ0v) is 25.7. The third-order valence-electron chi connectivity index (χ3n) is 6.94. The smallest absolute Gasteiger partial charge is 0.306 e. The van der Waals surface area contributed by atoms with Gasteiger partial charge in [0, 0.05) is 23.1 Å². The summed E-state index contributed by atoms with van der Waals surface area (Å²) in [5.74, 6) is 0.151. The molecular weight excluding hydrogens is 621 g/mol. The summed E-state index contributed by atoms with van der Waals surface area (Å²) in [7, 11) is -9.76. The standard InChI is InChI=1S/C30H28F5N5O2S2/c1-18(2)24-11-5-19(3)13-27(24)40-28(41)16-43-30(40)38-29(42)37-25-12-6-21(14-20(25)4)26-15-39(17-36-26)22-7-9-23(10-8-22)44(31,32,33,34)35/h5-15,17-18H,16H2,1-4H3,(H,37,42)/b38-30-. The van der Waals surface area contributed by atoms with Gasteiger partial charge in [-0.05, 0) is 78.9 Å². The summed E-state index contributed by atoms with van der Waals surface area (Å²) < 4.78 is 66.6. The fourth-order valence-corrected chi connectivity index (χ4v) is 6.21. The summed E-state index contributed by atoms with van der Waals surface area (Å²) in [6.45, 7) is 7.76. The summed E-state index contributed by atoms with van der Waals surface area (Å²) in [5, 5.41) is 3.04. The van der Waals surface area contributed by atoms with Crippen LogP contribution in [0.3, 0.4) is 0 Å². The molecule has 232 valence electrons. The van der Waals surface area contributed by atoms with Crippen LogP contribution in [0, 0.1) is 13.8 Å². The summed E-state index contributed by atoms with van der Waals surface area (Å²) in [6.07, 6.45) is 2.91. The number of carbonyl (C=O) groups excluding carboxylic acids is 2. The Morgan fingerprint density at radius 1 is 1.00 bits per heavy atom. The fraction of sp³-hybridized carbons (Fsp3) is 0.200. The molecule has 3 aromatic carbocycles. The molecule has 7 nitrogen and oxygen atoms in total. The highest BCUT2D eigenvalue weighted by Gasteiger charge is 2.65. The number of carbonyl (C=O) groups is 2. The molecule has 14 heteroatoms. The van der Waals surface area contributed by atoms with Crippen molar-refractivity contribution in [1.82, 2.24) is 9.55 Å². The molecule has 4 aromatic rings. The van der Waals surface area contributed by atoms with Gasteiger partial charge in [-0.2, -0.15) is 4.99 Å². The van der Waals surface area contributed by atoms with Crippen molar-refractivity contribution in [1.29, 1.82) is 0 Å². The molecule has 1 N–H and O–H groups in total. The van der Waals surface area contributed by atoms with Crippen LogP contribution in [-0.4, -0.2) is 32.4 Å². The van der Waals surface area contributed by atoms with Crippen LogP contribution in [0.4, 0.5) is 35.6 Å². The summed E-state index contributed by atoms with van der Waals surface area (Å²) in [6, 6.07) is 12.9. The van der Waals surface area contributed by atoms with E-state index in [1.807, 2.05) is 39.0 Å². The Labute approximate surface area is 254 Å². The molecule has 1 aliphatic heterocycles. The first-order chi connectivity index (χ1) is 20.4. The molecule has 1 saturated heterocycles. The maximum atomic E-state index is 13.0. The van der Waals surface area contributed by atoms with Gasteiger partial charge in [-0.1, -0.05) is 63.2 Å². The second-order valence-electron chi connectivity index (χ2n) is 10.7. The molecule has 1 fully saturated rings. The van der Waals surface area contributed by atoms with Gasteiger partial charge in [0.25, 0.3) is 0 Å². The predicted octanol–water partition coefficient (Wildman–Crippen LogP) is 9.60. The van der Waals surface area contributed by atoms with Crippen molar-refractivity contribution in [3.8, 4) is 16.9 Å². The van der Waals surface area contributed by atoms with Crippen LogP contribution in [0.2, 0.25) is 0 Å². The number of benzene rings is 3. The molecule has 2 heterocycles. The predicted molar refractivity (Wildman–Crippen MR) is 167 cm³/mol. The topological polar surface area (TPSA) is 79.6 Å². The quantitative estimate of drug-likeness (QED) is 0.211. The number of hydrogen-bond acceptors (Lipinski definition) is 4. The largest absolute Gasteiger partial charge is 0.347 e. The molecular formula is C30H28F5N5O2S2. The zero-order valence-electron chi connectivity index (χ0n) is 24.0. The molecule has 1 aromatic heterocycles. The van der Waals surface area contributed by atoms with Gasteiger partial charge in [0.05, 0.1) is 23.5 Å². The maximum Gasteiger partial charge on any atom is 0.347 e. The second-order valence-corrected chi connectivity index (χ2v) is 14.1. The van der Waals surface area contributed by atoms with Crippen LogP contribution in [0.25, 0.3) is 16.9 Å². The maximum absolute atomic E-state index is 13.0. The van der Waals surface area contributed by atoms with Gasteiger partial charge in [-0.3, -0.25) is 9.69 Å². The van der Waals surface area contributed by atoms with Gasteiger partial charge in [0.1, 0.15) is 4.90 Å². The first kappa shape index (κ1) is 31.3. The Kier molecular flexibility index (Phi) is 7.44. The first-order valence-corrected chi connectivity index (χ1v) is 16.3. The van der Waals surface area contributed by atoms with Crippen molar-refractivity contribution < 1.29 is 29.0 Å². The summed E-state index contributed by atoms with van der Waals surface area (Å²) in [5.41, 5.74) is 5.15. The lowest BCUT2D eigenvalue weighted by Gasteiger charge is -2.40. The minimum absolute atomic E-state index is 0.149. The van der Waals surface area contributed by atoms with E-state index in [0.717, 1.165) is 23.3 Å². The third-order valence-corrected chi connectivity index (χ3v) is 9.02. The Morgan fingerprint density at radius 3 is 2.34 bits per heavy atom. The number of hydrogen-bond donors (Lipinski definition) is 1. The van der Waals surface area contributed by atoms with E-state index in [9.17, 15) is 29.0 Å². The normalized spacial score (nSPS) is 16.4. The van der Waals surface area contributed by atoms with E-state index in [-0.39, 0.29) is 28.4 Å². The van der Waals surface area contributed by atoms with Crippen molar-refractivity contribution in [2.75, 3.05) is 16.0 Å². The molecule has 0 saturated carbocycles. The van der Waals surface area contributed by atoms with Gasteiger partial charge < -0.3 is 9.88 Å². The van der Waals surface area contributed by atoms with Gasteiger partial charge >= 0.3 is 16.3 Å². The van der Waals surface area contributed by atoms with Gasteiger partial charge in [0.2, 0.25) is 5.91 Å². The number of rotatable bonds is 6. The minimum atomic E-state index is -9.76. The van der Waals surface area contributed by atoms with Crippen LogP contribution < -0.4 is 10.2 Å². The van der Waals surface area contributed by atoms with Crippen molar-refractivity contribution in [3.63, 3.8) is 0 Å². The Bertz CT molecular complexity index is 1820. The fourth-order valence-electron chi connectivity index (χ4n) is 4.70. The van der Waals surface area contributed by atoms with Gasteiger partial charge in [-0.15, -0.1) is 0 Å². The number of urea groups is 1. The number of anilines is 2. The Morgan fingerprint density at radius 2 is 1.70 bits per heavy atom. The lowest BCUT2D eigenvalue weighted by Crippen LogP contribution is -2.31. The Balaban J connectivity index is 1.33. The van der Waals surface area contributed by atoms with E-state index < -0.39 is 21.2 Å². The van der Waals surface area contributed by atoms with E-state index in [0.29, 0.717) is 40.3 Å². The number of halogens is 5. The van der Waals surface area contributed by atoms with Crippen molar-refractivity contribution in [2.24, 2.45) is 4.99 Å². The van der Waals surface area contributed by atoms with Crippen LogP contribution in [0.15, 0.2) is 83.1 Å². The van der Waals surface area contributed by atoms with Gasteiger partial charge in [0.15, 0.2) is 5.17 Å². The van der Waals surface area contributed by atoms with E-state index in [1.165, 1.54) is 27.6 Å². The molecule has 0 bridgehead atoms. The van der Waals surface area contributed by atoms with Crippen molar-refractivity contribution >= 4 is 50.5 Å². The minimum Gasteiger partial charge on any atom is -0.306 e. The number of nitrogens with one attached hydrogen (secondary N) is 1. The second kappa shape index (κ2) is 10.5. The van der Waals surface area contributed by atoms with E-state index >= 15 is 0 Å². The molecule has 0 radical (unpaired) electrons. The number of aliphatic imine (C=N–C) groups is 1. The van der Waals surface area contributed by atoms with Gasteiger partial charge in [-0.25, -0.2) is 9.78 Å². The number of nitrogens with zero attached hydrogens (tertiary/aromatic N) is 4. The van der Waals surface area contributed by atoms with E-state index in [2.05, 4.69) is 15.3 Å². The molecule has 0 spiro atoms. The number of amides is 3. The number of aryl methyl sites for hydroxylation is 2. The van der Waals surface area contributed by atoms with E-state index in [4.69, 9.17) is 0 Å². The summed E-state index contributed by atoms with van der Waals surface area (Å²) >= 11 is 1.19. The molecule has 1 aliphatic rings. The average molecular weight is 650 g/mol. The Hall–Kier alpha value is -4.17. The molecule has 0 atom stereocenters.